The fourth-order valence-electron chi connectivity index (χ4n) is 2.75. The van der Waals surface area contributed by atoms with Crippen molar-refractivity contribution in [3.8, 4) is 0 Å². The van der Waals surface area contributed by atoms with Crippen molar-refractivity contribution in [1.29, 1.82) is 0 Å². The van der Waals surface area contributed by atoms with Crippen molar-refractivity contribution in [2.45, 2.75) is 6.54 Å². The second-order valence-electron chi connectivity index (χ2n) is 6.40. The Morgan fingerprint density at radius 2 is 1.90 bits per heavy atom. The van der Waals surface area contributed by atoms with Gasteiger partial charge in [-0.3, -0.25) is 9.69 Å². The molecule has 1 aliphatic rings. The van der Waals surface area contributed by atoms with Crippen LogP contribution in [0.5, 0.6) is 0 Å². The Hall–Kier alpha value is -2.87. The van der Waals surface area contributed by atoms with Crippen LogP contribution in [0.1, 0.15) is 16.9 Å². The van der Waals surface area contributed by atoms with Crippen molar-refractivity contribution in [2.24, 2.45) is 10.2 Å². The molecule has 2 aromatic carbocycles. The Morgan fingerprint density at radius 3 is 2.65 bits per heavy atom. The molecule has 0 N–H and O–H groups in total. The van der Waals surface area contributed by atoms with Crippen LogP contribution in [-0.2, 0) is 11.3 Å². The number of carbonyl (C=O) groups is 1. The first-order valence-corrected chi connectivity index (χ1v) is 10.6. The number of thioether (sulfide) groups is 1. The molecule has 0 atom stereocenters. The van der Waals surface area contributed by atoms with Crippen LogP contribution in [0.15, 0.2) is 80.4 Å². The maximum absolute atomic E-state index is 13.2. The van der Waals surface area contributed by atoms with Gasteiger partial charge in [0.1, 0.15) is 11.6 Å². The SMILES string of the molecule is O=C1/C(=C/c2ccc(F)cc2)S/C(=N/N=C\c2cccc(Cl)c2Cl)N1Cc1ccco1. The minimum atomic E-state index is -0.344. The molecule has 3 aromatic rings. The Balaban J connectivity index is 1.63. The number of amides is 1. The van der Waals surface area contributed by atoms with Crippen molar-refractivity contribution in [3.05, 3.63) is 98.5 Å². The quantitative estimate of drug-likeness (QED) is 0.250. The summed E-state index contributed by atoms with van der Waals surface area (Å²) in [6.45, 7) is 0.200. The number of benzene rings is 2. The minimum Gasteiger partial charge on any atom is -0.467 e. The molecule has 0 bridgehead atoms. The highest BCUT2D eigenvalue weighted by molar-refractivity contribution is 8.18. The molecule has 1 amide bonds. The van der Waals surface area contributed by atoms with E-state index < -0.39 is 0 Å². The van der Waals surface area contributed by atoms with Crippen molar-refractivity contribution < 1.29 is 13.6 Å². The van der Waals surface area contributed by atoms with Crippen molar-refractivity contribution in [1.82, 2.24) is 4.90 Å². The molecule has 0 aliphatic carbocycles. The van der Waals surface area contributed by atoms with Gasteiger partial charge in [-0.1, -0.05) is 47.5 Å². The van der Waals surface area contributed by atoms with Crippen LogP contribution >= 0.6 is 35.0 Å². The molecule has 156 valence electrons. The molecule has 2 heterocycles. The summed E-state index contributed by atoms with van der Waals surface area (Å²) in [6, 6.07) is 14.6. The Bertz CT molecular complexity index is 1190. The summed E-state index contributed by atoms with van der Waals surface area (Å²) in [6.07, 6.45) is 4.69. The van der Waals surface area contributed by atoms with E-state index in [2.05, 4.69) is 10.2 Å². The second-order valence-corrected chi connectivity index (χ2v) is 8.20. The number of rotatable bonds is 5. The average molecular weight is 474 g/mol. The normalized spacial score (nSPS) is 16.9. The van der Waals surface area contributed by atoms with Crippen LogP contribution in [-0.4, -0.2) is 22.2 Å². The van der Waals surface area contributed by atoms with E-state index in [-0.39, 0.29) is 18.3 Å². The van der Waals surface area contributed by atoms with E-state index in [0.717, 1.165) is 0 Å². The average Bonchev–Trinajstić information content (AvgIpc) is 3.37. The number of furan rings is 1. The topological polar surface area (TPSA) is 58.2 Å². The molecule has 1 fully saturated rings. The molecule has 0 spiro atoms. The zero-order valence-electron chi connectivity index (χ0n) is 15.8. The van der Waals surface area contributed by atoms with Gasteiger partial charge < -0.3 is 4.42 Å². The molecule has 1 aliphatic heterocycles. The van der Waals surface area contributed by atoms with Crippen LogP contribution in [0.2, 0.25) is 10.0 Å². The monoisotopic (exact) mass is 473 g/mol. The highest BCUT2D eigenvalue weighted by atomic mass is 35.5. The number of amidine groups is 1. The number of hydrogen-bond donors (Lipinski definition) is 0. The first-order valence-electron chi connectivity index (χ1n) is 9.05. The lowest BCUT2D eigenvalue weighted by atomic mass is 10.2. The standard InChI is InChI=1S/C22H14Cl2FN3O2S/c23-18-5-1-3-15(20(18)24)12-26-27-22-28(13-17-4-2-10-30-17)21(29)19(31-22)11-14-6-8-16(25)9-7-14/h1-12H,13H2/b19-11-,26-12-,27-22+. The Labute approximate surface area is 191 Å². The van der Waals surface area contributed by atoms with Gasteiger partial charge in [0.15, 0.2) is 5.17 Å². The van der Waals surface area contributed by atoms with E-state index in [9.17, 15) is 9.18 Å². The molecule has 1 saturated heterocycles. The predicted molar refractivity (Wildman–Crippen MR) is 123 cm³/mol. The number of nitrogens with zero attached hydrogens (tertiary/aromatic N) is 3. The van der Waals surface area contributed by atoms with Gasteiger partial charge in [0.05, 0.1) is 34.0 Å². The van der Waals surface area contributed by atoms with Crippen LogP contribution in [0.25, 0.3) is 6.08 Å². The second kappa shape index (κ2) is 9.51. The number of carbonyl (C=O) groups excluding carboxylic acids is 1. The van der Waals surface area contributed by atoms with Crippen LogP contribution in [0.4, 0.5) is 4.39 Å². The molecular formula is C22H14Cl2FN3O2S. The predicted octanol–water partition coefficient (Wildman–Crippen LogP) is 6.23. The van der Waals surface area contributed by atoms with E-state index in [4.69, 9.17) is 27.6 Å². The lowest BCUT2D eigenvalue weighted by Gasteiger charge is -2.12. The third-order valence-electron chi connectivity index (χ3n) is 4.27. The summed E-state index contributed by atoms with van der Waals surface area (Å²) in [4.78, 5) is 14.9. The van der Waals surface area contributed by atoms with Crippen molar-refractivity contribution >= 4 is 58.3 Å². The largest absolute Gasteiger partial charge is 0.467 e. The van der Waals surface area contributed by atoms with E-state index in [1.165, 1.54) is 41.3 Å². The summed E-state index contributed by atoms with van der Waals surface area (Å²) >= 11 is 13.4. The molecular weight excluding hydrogens is 460 g/mol. The third-order valence-corrected chi connectivity index (χ3v) is 6.10. The van der Waals surface area contributed by atoms with Gasteiger partial charge in [0.25, 0.3) is 5.91 Å². The molecule has 0 saturated carbocycles. The highest BCUT2D eigenvalue weighted by Gasteiger charge is 2.34. The van der Waals surface area contributed by atoms with Crippen molar-refractivity contribution in [3.63, 3.8) is 0 Å². The first-order chi connectivity index (χ1) is 15.0. The summed E-state index contributed by atoms with van der Waals surface area (Å²) < 4.78 is 18.6. The van der Waals surface area contributed by atoms with Gasteiger partial charge >= 0.3 is 0 Å². The maximum atomic E-state index is 13.2. The highest BCUT2D eigenvalue weighted by Crippen LogP contribution is 2.34. The zero-order valence-corrected chi connectivity index (χ0v) is 18.2. The molecule has 5 nitrogen and oxygen atoms in total. The van der Waals surface area contributed by atoms with Gasteiger partial charge in [-0.25, -0.2) is 4.39 Å². The van der Waals surface area contributed by atoms with E-state index in [1.54, 1.807) is 48.5 Å². The lowest BCUT2D eigenvalue weighted by molar-refractivity contribution is -0.122. The number of halogens is 3. The lowest BCUT2D eigenvalue weighted by Crippen LogP contribution is -2.28. The van der Waals surface area contributed by atoms with Crippen LogP contribution in [0.3, 0.4) is 0 Å². The zero-order chi connectivity index (χ0) is 21.8. The van der Waals surface area contributed by atoms with Crippen LogP contribution in [0, 0.1) is 5.82 Å². The van der Waals surface area contributed by atoms with E-state index in [1.807, 2.05) is 0 Å². The Morgan fingerprint density at radius 1 is 1.10 bits per heavy atom. The molecule has 0 radical (unpaired) electrons. The summed E-state index contributed by atoms with van der Waals surface area (Å²) in [5.74, 6) is 0.00951. The first kappa shape index (κ1) is 21.4. The molecule has 31 heavy (non-hydrogen) atoms. The summed E-state index contributed by atoms with van der Waals surface area (Å²) in [7, 11) is 0. The van der Waals surface area contributed by atoms with E-state index >= 15 is 0 Å². The Kier molecular flexibility index (Phi) is 6.56. The third kappa shape index (κ3) is 5.07. The minimum absolute atomic E-state index is 0.200. The van der Waals surface area contributed by atoms with Crippen LogP contribution < -0.4 is 0 Å². The maximum Gasteiger partial charge on any atom is 0.267 e. The van der Waals surface area contributed by atoms with Gasteiger partial charge in [-0.05, 0) is 53.7 Å². The van der Waals surface area contributed by atoms with E-state index in [0.29, 0.717) is 37.0 Å². The van der Waals surface area contributed by atoms with Gasteiger partial charge in [-0.15, -0.1) is 5.10 Å². The fourth-order valence-corrected chi connectivity index (χ4v) is 4.04. The fraction of sp³-hybridized carbons (Fsp3) is 0.0455. The molecule has 1 aromatic heterocycles. The molecule has 9 heteroatoms. The van der Waals surface area contributed by atoms with Gasteiger partial charge in [0.2, 0.25) is 0 Å². The molecule has 4 rings (SSSR count). The summed E-state index contributed by atoms with van der Waals surface area (Å²) in [5.41, 5.74) is 1.30. The summed E-state index contributed by atoms with van der Waals surface area (Å²) in [5, 5.41) is 9.46. The number of hydrogen-bond acceptors (Lipinski definition) is 5. The molecule has 0 unspecified atom stereocenters. The van der Waals surface area contributed by atoms with Gasteiger partial charge in [0, 0.05) is 5.56 Å². The smallest absolute Gasteiger partial charge is 0.267 e. The van der Waals surface area contributed by atoms with Gasteiger partial charge in [-0.2, -0.15) is 5.10 Å². The van der Waals surface area contributed by atoms with Crippen molar-refractivity contribution in [2.75, 3.05) is 0 Å².